The molecule has 1 aromatic carbocycles. The Morgan fingerprint density at radius 1 is 1.38 bits per heavy atom. The first kappa shape index (κ1) is 16.6. The first-order chi connectivity index (χ1) is 11.5. The summed E-state index contributed by atoms with van der Waals surface area (Å²) in [5, 5.41) is 2.76. The zero-order valence-corrected chi connectivity index (χ0v) is 14.5. The lowest BCUT2D eigenvalue weighted by Gasteiger charge is -2.02. The molecule has 0 aliphatic carbocycles. The van der Waals surface area contributed by atoms with Crippen LogP contribution in [0.5, 0.6) is 0 Å². The summed E-state index contributed by atoms with van der Waals surface area (Å²) in [5.41, 5.74) is 1.23. The highest BCUT2D eigenvalue weighted by Crippen LogP contribution is 2.22. The average molecular weight is 365 g/mol. The second-order valence-corrected chi connectivity index (χ2v) is 7.81. The van der Waals surface area contributed by atoms with Crippen LogP contribution in [0.3, 0.4) is 0 Å². The minimum Gasteiger partial charge on any atom is -0.459 e. The largest absolute Gasteiger partial charge is 0.459 e. The normalized spacial score (nSPS) is 16.6. The molecule has 126 valence electrons. The number of benzene rings is 1. The van der Waals surface area contributed by atoms with E-state index in [2.05, 4.69) is 14.7 Å². The highest BCUT2D eigenvalue weighted by atomic mass is 32.2. The number of fused-ring (bicyclic) bond motifs is 1. The van der Waals surface area contributed by atoms with Gasteiger partial charge >= 0.3 is 5.97 Å². The van der Waals surface area contributed by atoms with E-state index in [1.54, 1.807) is 18.2 Å². The van der Waals surface area contributed by atoms with Crippen molar-refractivity contribution in [3.8, 4) is 0 Å². The molecule has 9 heteroatoms. The molecule has 1 N–H and O–H groups in total. The maximum absolute atomic E-state index is 11.9. The minimum absolute atomic E-state index is 0.0660. The van der Waals surface area contributed by atoms with E-state index in [1.807, 2.05) is 12.3 Å². The van der Waals surface area contributed by atoms with E-state index in [9.17, 15) is 13.2 Å². The van der Waals surface area contributed by atoms with Crippen molar-refractivity contribution in [1.29, 1.82) is 0 Å². The molecule has 0 atom stereocenters. The van der Waals surface area contributed by atoms with Gasteiger partial charge in [0.2, 0.25) is 0 Å². The molecule has 3 rings (SSSR count). The van der Waals surface area contributed by atoms with Crippen LogP contribution in [0.15, 0.2) is 39.5 Å². The smallest absolute Gasteiger partial charge is 0.308 e. The Morgan fingerprint density at radius 2 is 2.17 bits per heavy atom. The van der Waals surface area contributed by atoms with Crippen molar-refractivity contribution < 1.29 is 17.9 Å². The van der Waals surface area contributed by atoms with Crippen LogP contribution < -0.4 is 4.72 Å². The predicted molar refractivity (Wildman–Crippen MR) is 89.4 cm³/mol. The summed E-state index contributed by atoms with van der Waals surface area (Å²) < 4.78 is 31.4. The van der Waals surface area contributed by atoms with Crippen molar-refractivity contribution in [1.82, 2.24) is 9.71 Å². The number of nitrogens with one attached hydrogen (secondary N) is 1. The van der Waals surface area contributed by atoms with Gasteiger partial charge in [0.05, 0.1) is 28.6 Å². The molecular formula is C15H15N3O4S2. The van der Waals surface area contributed by atoms with Crippen molar-refractivity contribution in [2.45, 2.75) is 24.8 Å². The molecule has 0 fully saturated rings. The van der Waals surface area contributed by atoms with Gasteiger partial charge in [0, 0.05) is 10.9 Å². The van der Waals surface area contributed by atoms with Gasteiger partial charge in [-0.3, -0.25) is 14.5 Å². The molecule has 1 aliphatic rings. The van der Waals surface area contributed by atoms with Crippen LogP contribution in [0.4, 0.5) is 0 Å². The fourth-order valence-electron chi connectivity index (χ4n) is 2.21. The number of hydrogen-bond acceptors (Lipinski definition) is 7. The summed E-state index contributed by atoms with van der Waals surface area (Å²) in [7, 11) is -3.55. The zero-order chi connectivity index (χ0) is 17.2. The molecule has 1 aromatic heterocycles. The van der Waals surface area contributed by atoms with E-state index in [4.69, 9.17) is 4.74 Å². The molecule has 0 bridgehead atoms. The van der Waals surface area contributed by atoms with Crippen molar-refractivity contribution in [3.63, 3.8) is 0 Å². The molecule has 2 aromatic rings. The van der Waals surface area contributed by atoms with Crippen LogP contribution in [-0.2, 0) is 26.2 Å². The van der Waals surface area contributed by atoms with E-state index in [-0.39, 0.29) is 30.3 Å². The number of aromatic nitrogens is 1. The molecule has 7 nitrogen and oxygen atoms in total. The number of aryl methyl sites for hydroxylation is 1. The van der Waals surface area contributed by atoms with Gasteiger partial charge in [0.25, 0.3) is 10.0 Å². The number of ether oxygens (including phenoxy) is 1. The number of aliphatic imine (C=N–C) groups is 1. The minimum atomic E-state index is -3.55. The first-order valence-electron chi connectivity index (χ1n) is 7.19. The first-order valence-corrected chi connectivity index (χ1v) is 9.55. The molecule has 1 aliphatic heterocycles. The van der Waals surface area contributed by atoms with Crippen LogP contribution in [0, 0.1) is 6.92 Å². The second kappa shape index (κ2) is 6.70. The van der Waals surface area contributed by atoms with Gasteiger partial charge in [-0.25, -0.2) is 13.4 Å². The molecule has 0 amide bonds. The summed E-state index contributed by atoms with van der Waals surface area (Å²) >= 11 is 1.49. The number of nitrogens with zero attached hydrogens (tertiary/aromatic N) is 2. The predicted octanol–water partition coefficient (Wildman–Crippen LogP) is 1.62. The molecule has 2 heterocycles. The lowest BCUT2D eigenvalue weighted by molar-refractivity contribution is -0.144. The Morgan fingerprint density at radius 3 is 2.92 bits per heavy atom. The molecule has 0 saturated heterocycles. The fraction of sp³-hybridized carbons (Fsp3) is 0.267. The number of sulfonamides is 1. The van der Waals surface area contributed by atoms with E-state index >= 15 is 0 Å². The van der Waals surface area contributed by atoms with Crippen LogP contribution in [0.25, 0.3) is 0 Å². The summed E-state index contributed by atoms with van der Waals surface area (Å²) in [5.74, 6) is -0.146. The molecule has 0 radical (unpaired) electrons. The van der Waals surface area contributed by atoms with Crippen LogP contribution in [0.2, 0.25) is 0 Å². The van der Waals surface area contributed by atoms with Crippen molar-refractivity contribution in [2.75, 3.05) is 6.54 Å². The SMILES string of the molecule is Cc1nc(COC(=O)CCN=C2NS(=O)(=O)c3ccccc32)cs1. The molecular weight excluding hydrogens is 350 g/mol. The van der Waals surface area contributed by atoms with Gasteiger partial charge in [-0.15, -0.1) is 11.3 Å². The van der Waals surface area contributed by atoms with E-state index in [0.29, 0.717) is 5.56 Å². The second-order valence-electron chi connectivity index (χ2n) is 5.10. The lowest BCUT2D eigenvalue weighted by Crippen LogP contribution is -2.22. The Kier molecular flexibility index (Phi) is 4.63. The average Bonchev–Trinajstić information content (AvgIpc) is 3.07. The fourth-order valence-corrected chi connectivity index (χ4v) is 4.06. The van der Waals surface area contributed by atoms with Gasteiger partial charge in [-0.2, -0.15) is 0 Å². The summed E-state index contributed by atoms with van der Waals surface area (Å²) in [6.07, 6.45) is 0.0660. The lowest BCUT2D eigenvalue weighted by atomic mass is 10.2. The third-order valence-electron chi connectivity index (χ3n) is 3.30. The number of thiazole rings is 1. The van der Waals surface area contributed by atoms with Gasteiger partial charge < -0.3 is 4.74 Å². The van der Waals surface area contributed by atoms with Gasteiger partial charge in [0.1, 0.15) is 12.4 Å². The maximum atomic E-state index is 11.9. The number of carbonyl (C=O) groups excluding carboxylic acids is 1. The third-order valence-corrected chi connectivity index (χ3v) is 5.52. The molecule has 0 unspecified atom stereocenters. The number of amidine groups is 1. The van der Waals surface area contributed by atoms with E-state index < -0.39 is 16.0 Å². The Bertz CT molecular complexity index is 903. The van der Waals surface area contributed by atoms with Gasteiger partial charge in [-0.1, -0.05) is 12.1 Å². The highest BCUT2D eigenvalue weighted by Gasteiger charge is 2.29. The molecule has 24 heavy (non-hydrogen) atoms. The Hall–Kier alpha value is -2.26. The monoisotopic (exact) mass is 365 g/mol. The van der Waals surface area contributed by atoms with Crippen LogP contribution >= 0.6 is 11.3 Å². The standard InChI is InChI=1S/C15H15N3O4S2/c1-10-17-11(9-23-10)8-22-14(19)6-7-16-15-12-4-2-3-5-13(12)24(20,21)18-15/h2-5,9H,6-8H2,1H3,(H,16,18). The topological polar surface area (TPSA) is 97.7 Å². The Labute approximate surface area is 143 Å². The zero-order valence-electron chi connectivity index (χ0n) is 12.9. The highest BCUT2D eigenvalue weighted by molar-refractivity contribution is 7.90. The number of rotatable bonds is 5. The number of hydrogen-bond donors (Lipinski definition) is 1. The molecule has 0 saturated carbocycles. The summed E-state index contributed by atoms with van der Waals surface area (Å²) in [6.45, 7) is 2.16. The maximum Gasteiger partial charge on any atom is 0.308 e. The summed E-state index contributed by atoms with van der Waals surface area (Å²) in [6, 6.07) is 6.58. The number of esters is 1. The summed E-state index contributed by atoms with van der Waals surface area (Å²) in [4.78, 5) is 20.3. The van der Waals surface area contributed by atoms with Crippen molar-refractivity contribution in [2.24, 2.45) is 4.99 Å². The van der Waals surface area contributed by atoms with E-state index in [0.717, 1.165) is 10.7 Å². The van der Waals surface area contributed by atoms with Gasteiger partial charge in [-0.05, 0) is 19.1 Å². The molecule has 0 spiro atoms. The van der Waals surface area contributed by atoms with Crippen LogP contribution in [0.1, 0.15) is 22.7 Å². The quantitative estimate of drug-likeness (QED) is 0.812. The van der Waals surface area contributed by atoms with Crippen molar-refractivity contribution in [3.05, 3.63) is 45.9 Å². The third kappa shape index (κ3) is 3.62. The van der Waals surface area contributed by atoms with Crippen LogP contribution in [-0.4, -0.2) is 31.8 Å². The Balaban J connectivity index is 1.56. The van der Waals surface area contributed by atoms with E-state index in [1.165, 1.54) is 17.4 Å². The number of carbonyl (C=O) groups is 1. The van der Waals surface area contributed by atoms with Gasteiger partial charge in [0.15, 0.2) is 0 Å². The van der Waals surface area contributed by atoms with Crippen molar-refractivity contribution >= 4 is 33.2 Å².